The van der Waals surface area contributed by atoms with Gasteiger partial charge in [0, 0.05) is 13.1 Å². The minimum Gasteiger partial charge on any atom is -0.481 e. The SMILES string of the molecule is CC(C)(C)OCC(=O)N1Cc2ccccc2C(C(=O)O)C1. The second-order valence-electron chi connectivity index (χ2n) is 6.26. The molecule has 1 unspecified atom stereocenters. The maximum absolute atomic E-state index is 12.2. The van der Waals surface area contributed by atoms with Gasteiger partial charge in [-0.1, -0.05) is 24.3 Å². The van der Waals surface area contributed by atoms with Gasteiger partial charge in [0.25, 0.3) is 0 Å². The Morgan fingerprint density at radius 1 is 1.33 bits per heavy atom. The van der Waals surface area contributed by atoms with Gasteiger partial charge < -0.3 is 14.7 Å². The largest absolute Gasteiger partial charge is 0.481 e. The second-order valence-corrected chi connectivity index (χ2v) is 6.26. The lowest BCUT2D eigenvalue weighted by atomic mass is 9.90. The van der Waals surface area contributed by atoms with E-state index in [0.717, 1.165) is 11.1 Å². The van der Waals surface area contributed by atoms with Crippen molar-refractivity contribution in [3.8, 4) is 0 Å². The summed E-state index contributed by atoms with van der Waals surface area (Å²) in [6, 6.07) is 7.38. The van der Waals surface area contributed by atoms with Crippen LogP contribution in [0.4, 0.5) is 0 Å². The summed E-state index contributed by atoms with van der Waals surface area (Å²) in [7, 11) is 0. The van der Waals surface area contributed by atoms with E-state index in [1.54, 1.807) is 4.90 Å². The van der Waals surface area contributed by atoms with Gasteiger partial charge >= 0.3 is 5.97 Å². The molecule has 2 rings (SSSR count). The number of ether oxygens (including phenoxy) is 1. The van der Waals surface area contributed by atoms with E-state index in [1.165, 1.54) is 0 Å². The molecule has 1 heterocycles. The Balaban J connectivity index is 2.14. The first-order chi connectivity index (χ1) is 9.78. The molecule has 1 aromatic rings. The number of benzene rings is 1. The molecule has 114 valence electrons. The molecule has 0 fully saturated rings. The van der Waals surface area contributed by atoms with Crippen molar-refractivity contribution in [1.82, 2.24) is 4.90 Å². The third-order valence-electron chi connectivity index (χ3n) is 3.47. The molecule has 1 atom stereocenters. The summed E-state index contributed by atoms with van der Waals surface area (Å²) in [5.74, 6) is -1.75. The molecule has 0 aromatic heterocycles. The number of carbonyl (C=O) groups is 2. The van der Waals surface area contributed by atoms with Crippen molar-refractivity contribution in [3.05, 3.63) is 35.4 Å². The zero-order chi connectivity index (χ0) is 15.6. The van der Waals surface area contributed by atoms with Gasteiger partial charge in [-0.15, -0.1) is 0 Å². The van der Waals surface area contributed by atoms with E-state index in [2.05, 4.69) is 0 Å². The summed E-state index contributed by atoms with van der Waals surface area (Å²) < 4.78 is 5.49. The highest BCUT2D eigenvalue weighted by atomic mass is 16.5. The Labute approximate surface area is 124 Å². The number of carbonyl (C=O) groups excluding carboxylic acids is 1. The van der Waals surface area contributed by atoms with Crippen LogP contribution < -0.4 is 0 Å². The predicted octanol–water partition coefficient (Wildman–Crippen LogP) is 2.01. The molecule has 5 heteroatoms. The highest BCUT2D eigenvalue weighted by Gasteiger charge is 2.32. The third kappa shape index (κ3) is 3.82. The molecule has 1 aliphatic heterocycles. The number of aliphatic carboxylic acids is 1. The lowest BCUT2D eigenvalue weighted by molar-refractivity contribution is -0.145. The van der Waals surface area contributed by atoms with E-state index < -0.39 is 17.5 Å². The summed E-state index contributed by atoms with van der Waals surface area (Å²) in [5.41, 5.74) is 1.29. The van der Waals surface area contributed by atoms with Crippen molar-refractivity contribution < 1.29 is 19.4 Å². The zero-order valence-corrected chi connectivity index (χ0v) is 12.6. The van der Waals surface area contributed by atoms with Crippen molar-refractivity contribution >= 4 is 11.9 Å². The first-order valence-electron chi connectivity index (χ1n) is 7.00. The standard InChI is InChI=1S/C16H21NO4/c1-16(2,3)21-10-14(18)17-8-11-6-4-5-7-12(11)13(9-17)15(19)20/h4-7,13H,8-10H2,1-3H3,(H,19,20). The number of nitrogens with zero attached hydrogens (tertiary/aromatic N) is 1. The van der Waals surface area contributed by atoms with Crippen LogP contribution in [-0.4, -0.2) is 40.6 Å². The molecule has 0 saturated heterocycles. The Morgan fingerprint density at radius 2 is 2.00 bits per heavy atom. The van der Waals surface area contributed by atoms with Crippen LogP contribution >= 0.6 is 0 Å². The van der Waals surface area contributed by atoms with Crippen LogP contribution in [0.5, 0.6) is 0 Å². The fourth-order valence-corrected chi connectivity index (χ4v) is 2.38. The highest BCUT2D eigenvalue weighted by Crippen LogP contribution is 2.28. The number of hydrogen-bond donors (Lipinski definition) is 1. The molecule has 1 aromatic carbocycles. The number of amides is 1. The van der Waals surface area contributed by atoms with Crippen LogP contribution in [0, 0.1) is 0 Å². The van der Waals surface area contributed by atoms with Crippen molar-refractivity contribution in [3.63, 3.8) is 0 Å². The van der Waals surface area contributed by atoms with E-state index in [0.29, 0.717) is 6.54 Å². The summed E-state index contributed by atoms with van der Waals surface area (Å²) >= 11 is 0. The Morgan fingerprint density at radius 3 is 2.62 bits per heavy atom. The maximum atomic E-state index is 12.2. The van der Waals surface area contributed by atoms with Crippen LogP contribution in [0.25, 0.3) is 0 Å². The van der Waals surface area contributed by atoms with Crippen LogP contribution in [0.2, 0.25) is 0 Å². The van der Waals surface area contributed by atoms with Crippen LogP contribution in [0.15, 0.2) is 24.3 Å². The molecular weight excluding hydrogens is 270 g/mol. The van der Waals surface area contributed by atoms with E-state index >= 15 is 0 Å². The molecule has 21 heavy (non-hydrogen) atoms. The molecule has 0 aliphatic carbocycles. The van der Waals surface area contributed by atoms with Crippen molar-refractivity contribution in [2.45, 2.75) is 38.8 Å². The zero-order valence-electron chi connectivity index (χ0n) is 12.6. The minimum atomic E-state index is -0.906. The van der Waals surface area contributed by atoms with Gasteiger partial charge in [-0.05, 0) is 31.9 Å². The first kappa shape index (κ1) is 15.5. The summed E-state index contributed by atoms with van der Waals surface area (Å²) in [4.78, 5) is 25.2. The molecule has 0 bridgehead atoms. The van der Waals surface area contributed by atoms with E-state index in [4.69, 9.17) is 4.74 Å². The minimum absolute atomic E-state index is 0.0298. The normalized spacial score (nSPS) is 18.2. The van der Waals surface area contributed by atoms with Crippen molar-refractivity contribution in [2.24, 2.45) is 0 Å². The Hall–Kier alpha value is -1.88. The molecule has 0 radical (unpaired) electrons. The lowest BCUT2D eigenvalue weighted by Gasteiger charge is -2.33. The fraction of sp³-hybridized carbons (Fsp3) is 0.500. The van der Waals surface area contributed by atoms with Gasteiger partial charge in [0.15, 0.2) is 0 Å². The average molecular weight is 291 g/mol. The summed E-state index contributed by atoms with van der Waals surface area (Å²) in [6.45, 7) is 6.24. The van der Waals surface area contributed by atoms with Crippen LogP contribution in [-0.2, 0) is 20.9 Å². The lowest BCUT2D eigenvalue weighted by Crippen LogP contribution is -2.43. The third-order valence-corrected chi connectivity index (χ3v) is 3.47. The monoisotopic (exact) mass is 291 g/mol. The summed E-state index contributed by atoms with van der Waals surface area (Å²) in [5, 5.41) is 9.37. The maximum Gasteiger partial charge on any atom is 0.312 e. The van der Waals surface area contributed by atoms with E-state index in [9.17, 15) is 14.7 Å². The topological polar surface area (TPSA) is 66.8 Å². The highest BCUT2D eigenvalue weighted by molar-refractivity contribution is 5.82. The molecule has 1 N–H and O–H groups in total. The number of rotatable bonds is 3. The number of hydrogen-bond acceptors (Lipinski definition) is 3. The van der Waals surface area contributed by atoms with Gasteiger partial charge in [0.1, 0.15) is 6.61 Å². The molecule has 1 amide bonds. The smallest absolute Gasteiger partial charge is 0.312 e. The number of carboxylic acids is 1. The molecule has 1 aliphatic rings. The predicted molar refractivity (Wildman–Crippen MR) is 77.9 cm³/mol. The van der Waals surface area contributed by atoms with Crippen molar-refractivity contribution in [1.29, 1.82) is 0 Å². The van der Waals surface area contributed by atoms with Gasteiger partial charge in [0.2, 0.25) is 5.91 Å². The number of fused-ring (bicyclic) bond motifs is 1. The molecule has 0 saturated carbocycles. The quantitative estimate of drug-likeness (QED) is 0.925. The second kappa shape index (κ2) is 5.85. The van der Waals surface area contributed by atoms with Gasteiger partial charge in [-0.3, -0.25) is 9.59 Å². The Kier molecular flexibility index (Phi) is 4.32. The molecule has 0 spiro atoms. The van der Waals surface area contributed by atoms with E-state index in [-0.39, 0.29) is 19.1 Å². The average Bonchev–Trinajstić information content (AvgIpc) is 2.42. The van der Waals surface area contributed by atoms with Gasteiger partial charge in [0.05, 0.1) is 11.5 Å². The van der Waals surface area contributed by atoms with E-state index in [1.807, 2.05) is 45.0 Å². The Bertz CT molecular complexity index is 547. The van der Waals surface area contributed by atoms with Crippen LogP contribution in [0.3, 0.4) is 0 Å². The molecular formula is C16H21NO4. The fourth-order valence-electron chi connectivity index (χ4n) is 2.38. The van der Waals surface area contributed by atoms with Crippen molar-refractivity contribution in [2.75, 3.05) is 13.2 Å². The van der Waals surface area contributed by atoms with Gasteiger partial charge in [-0.2, -0.15) is 0 Å². The summed E-state index contributed by atoms with van der Waals surface area (Å²) in [6.07, 6.45) is 0. The number of carboxylic acid groups (broad SMARTS) is 1. The molecule has 5 nitrogen and oxygen atoms in total. The first-order valence-corrected chi connectivity index (χ1v) is 7.00. The van der Waals surface area contributed by atoms with Gasteiger partial charge in [-0.25, -0.2) is 0 Å². The van der Waals surface area contributed by atoms with Crippen LogP contribution in [0.1, 0.15) is 37.8 Å².